The number of likely N-dealkylation sites (tertiary alicyclic amines) is 1. The van der Waals surface area contributed by atoms with E-state index in [1.165, 1.54) is 5.56 Å². The fourth-order valence-corrected chi connectivity index (χ4v) is 3.45. The number of nitrogens with zero attached hydrogens (tertiary/aromatic N) is 1. The van der Waals surface area contributed by atoms with Crippen LogP contribution in [0.4, 0.5) is 5.69 Å². The van der Waals surface area contributed by atoms with Crippen LogP contribution in [-0.2, 0) is 6.54 Å². The summed E-state index contributed by atoms with van der Waals surface area (Å²) in [5, 5.41) is 3.19. The molecule has 0 radical (unpaired) electrons. The van der Waals surface area contributed by atoms with Gasteiger partial charge in [0.2, 0.25) is 0 Å². The predicted molar refractivity (Wildman–Crippen MR) is 103 cm³/mol. The van der Waals surface area contributed by atoms with Crippen molar-refractivity contribution >= 4 is 11.6 Å². The Hall–Kier alpha value is -2.33. The van der Waals surface area contributed by atoms with Gasteiger partial charge in [0, 0.05) is 36.9 Å². The molecule has 1 aliphatic rings. The van der Waals surface area contributed by atoms with Crippen LogP contribution in [0.15, 0.2) is 42.5 Å². The molecule has 0 aliphatic carbocycles. The molecule has 4 heteroatoms. The molecule has 0 atom stereocenters. The van der Waals surface area contributed by atoms with E-state index in [2.05, 4.69) is 34.5 Å². The van der Waals surface area contributed by atoms with Gasteiger partial charge in [-0.05, 0) is 49.4 Å². The highest BCUT2D eigenvalue weighted by atomic mass is 16.1. The zero-order chi connectivity index (χ0) is 17.8. The molecular weight excluding hydrogens is 310 g/mol. The van der Waals surface area contributed by atoms with Crippen LogP contribution in [0.3, 0.4) is 0 Å². The molecule has 132 valence electrons. The molecule has 2 aromatic carbocycles. The maximum Gasteiger partial charge on any atom is 0.251 e. The average Bonchev–Trinajstić information content (AvgIpc) is 2.60. The molecular formula is C21H27N3O. The molecule has 2 aromatic rings. The van der Waals surface area contributed by atoms with Crippen molar-refractivity contribution in [3.8, 4) is 0 Å². The summed E-state index contributed by atoms with van der Waals surface area (Å²) in [6, 6.07) is 14.6. The minimum atomic E-state index is -0.00860. The molecule has 0 aromatic heterocycles. The van der Waals surface area contributed by atoms with Gasteiger partial charge in [-0.2, -0.15) is 0 Å². The second-order valence-corrected chi connectivity index (χ2v) is 7.03. The molecule has 0 bridgehead atoms. The molecule has 3 N–H and O–H groups in total. The Labute approximate surface area is 150 Å². The molecule has 0 unspecified atom stereocenters. The number of piperidine rings is 1. The largest absolute Gasteiger partial charge is 0.398 e. The van der Waals surface area contributed by atoms with Crippen LogP contribution in [0, 0.1) is 13.8 Å². The highest BCUT2D eigenvalue weighted by Gasteiger charge is 2.22. The van der Waals surface area contributed by atoms with Crippen molar-refractivity contribution in [3.63, 3.8) is 0 Å². The van der Waals surface area contributed by atoms with Crippen LogP contribution >= 0.6 is 0 Å². The summed E-state index contributed by atoms with van der Waals surface area (Å²) in [4.78, 5) is 15.0. The minimum Gasteiger partial charge on any atom is -0.398 e. The van der Waals surface area contributed by atoms with Gasteiger partial charge in [-0.3, -0.25) is 9.69 Å². The van der Waals surface area contributed by atoms with Gasteiger partial charge in [0.25, 0.3) is 5.91 Å². The van der Waals surface area contributed by atoms with Gasteiger partial charge in [-0.25, -0.2) is 0 Å². The summed E-state index contributed by atoms with van der Waals surface area (Å²) in [5.41, 5.74) is 10.7. The monoisotopic (exact) mass is 337 g/mol. The van der Waals surface area contributed by atoms with Gasteiger partial charge in [0.15, 0.2) is 0 Å². The number of anilines is 1. The number of aryl methyl sites for hydroxylation is 2. The van der Waals surface area contributed by atoms with Crippen LogP contribution in [-0.4, -0.2) is 29.9 Å². The highest BCUT2D eigenvalue weighted by molar-refractivity contribution is 5.96. The lowest BCUT2D eigenvalue weighted by Crippen LogP contribution is -2.44. The average molecular weight is 337 g/mol. The second kappa shape index (κ2) is 7.70. The van der Waals surface area contributed by atoms with E-state index in [0.29, 0.717) is 11.3 Å². The number of hydrogen-bond donors (Lipinski definition) is 2. The Kier molecular flexibility index (Phi) is 5.39. The van der Waals surface area contributed by atoms with Crippen molar-refractivity contribution in [2.75, 3.05) is 18.8 Å². The molecule has 4 nitrogen and oxygen atoms in total. The molecule has 0 spiro atoms. The lowest BCUT2D eigenvalue weighted by atomic mass is 10.0. The van der Waals surface area contributed by atoms with Gasteiger partial charge in [0.1, 0.15) is 0 Å². The first-order valence-electron chi connectivity index (χ1n) is 8.97. The van der Waals surface area contributed by atoms with E-state index in [0.717, 1.165) is 43.6 Å². The van der Waals surface area contributed by atoms with E-state index in [1.54, 1.807) is 6.07 Å². The maximum absolute atomic E-state index is 12.6. The predicted octanol–water partition coefficient (Wildman–Crippen LogP) is 3.28. The number of carbonyl (C=O) groups is 1. The fourth-order valence-electron chi connectivity index (χ4n) is 3.45. The second-order valence-electron chi connectivity index (χ2n) is 7.03. The number of nitrogens with one attached hydrogen (secondary N) is 1. The van der Waals surface area contributed by atoms with Crippen LogP contribution < -0.4 is 11.1 Å². The Morgan fingerprint density at radius 1 is 1.12 bits per heavy atom. The molecule has 3 rings (SSSR count). The summed E-state index contributed by atoms with van der Waals surface area (Å²) >= 11 is 0. The Morgan fingerprint density at radius 2 is 1.80 bits per heavy atom. The van der Waals surface area contributed by atoms with Crippen molar-refractivity contribution in [2.45, 2.75) is 39.3 Å². The van der Waals surface area contributed by atoms with Crippen molar-refractivity contribution in [2.24, 2.45) is 0 Å². The molecule has 25 heavy (non-hydrogen) atoms. The Balaban J connectivity index is 1.54. The van der Waals surface area contributed by atoms with Gasteiger partial charge >= 0.3 is 0 Å². The number of hydrogen-bond acceptors (Lipinski definition) is 3. The molecule has 1 saturated heterocycles. The lowest BCUT2D eigenvalue weighted by molar-refractivity contribution is 0.0908. The summed E-state index contributed by atoms with van der Waals surface area (Å²) in [6.45, 7) is 6.93. The first kappa shape index (κ1) is 17.5. The first-order valence-corrected chi connectivity index (χ1v) is 8.97. The van der Waals surface area contributed by atoms with Crippen LogP contribution in [0.1, 0.15) is 39.9 Å². The van der Waals surface area contributed by atoms with Crippen LogP contribution in [0.2, 0.25) is 0 Å². The van der Waals surface area contributed by atoms with Gasteiger partial charge in [-0.1, -0.05) is 36.4 Å². The number of nitrogen functional groups attached to an aromatic ring is 1. The summed E-state index contributed by atoms with van der Waals surface area (Å²) < 4.78 is 0. The highest BCUT2D eigenvalue weighted by Crippen LogP contribution is 2.19. The normalized spacial score (nSPS) is 15.9. The quantitative estimate of drug-likeness (QED) is 0.842. The van der Waals surface area contributed by atoms with Gasteiger partial charge in [-0.15, -0.1) is 0 Å². The number of benzene rings is 2. The molecule has 0 saturated carbocycles. The molecule has 1 fully saturated rings. The Bertz CT molecular complexity index is 734. The molecule has 1 aliphatic heterocycles. The summed E-state index contributed by atoms with van der Waals surface area (Å²) in [5.74, 6) is -0.00860. The van der Waals surface area contributed by atoms with Crippen LogP contribution in [0.25, 0.3) is 0 Å². The van der Waals surface area contributed by atoms with Crippen molar-refractivity contribution in [1.82, 2.24) is 10.2 Å². The topological polar surface area (TPSA) is 58.4 Å². The minimum absolute atomic E-state index is 0.00860. The summed E-state index contributed by atoms with van der Waals surface area (Å²) in [6.07, 6.45) is 1.97. The van der Waals surface area contributed by atoms with Gasteiger partial charge in [0.05, 0.1) is 0 Å². The first-order chi connectivity index (χ1) is 12.0. The summed E-state index contributed by atoms with van der Waals surface area (Å²) in [7, 11) is 0. The van der Waals surface area contributed by atoms with Crippen molar-refractivity contribution in [1.29, 1.82) is 0 Å². The number of rotatable bonds is 4. The van der Waals surface area contributed by atoms with E-state index in [9.17, 15) is 4.79 Å². The van der Waals surface area contributed by atoms with E-state index in [-0.39, 0.29) is 11.9 Å². The zero-order valence-electron chi connectivity index (χ0n) is 15.1. The third-order valence-corrected chi connectivity index (χ3v) is 5.03. The fraction of sp³-hybridized carbons (Fsp3) is 0.381. The zero-order valence-corrected chi connectivity index (χ0v) is 15.1. The molecule has 1 heterocycles. The SMILES string of the molecule is Cc1cc(C)c(C(=O)NC2CCN(Cc3ccccc3)CC2)cc1N. The standard InChI is InChI=1S/C21H27N3O/c1-15-12-16(2)20(22)13-19(15)21(25)23-18-8-10-24(11-9-18)14-17-6-4-3-5-7-17/h3-7,12-13,18H,8-11,14,22H2,1-2H3,(H,23,25). The van der Waals surface area contributed by atoms with E-state index in [1.807, 2.05) is 26.0 Å². The molecule has 1 amide bonds. The van der Waals surface area contributed by atoms with E-state index < -0.39 is 0 Å². The third kappa shape index (κ3) is 4.40. The lowest BCUT2D eigenvalue weighted by Gasteiger charge is -2.32. The smallest absolute Gasteiger partial charge is 0.251 e. The number of nitrogens with two attached hydrogens (primary N) is 1. The van der Waals surface area contributed by atoms with Crippen molar-refractivity contribution in [3.05, 3.63) is 64.7 Å². The van der Waals surface area contributed by atoms with Crippen LogP contribution in [0.5, 0.6) is 0 Å². The maximum atomic E-state index is 12.6. The van der Waals surface area contributed by atoms with Crippen molar-refractivity contribution < 1.29 is 4.79 Å². The van der Waals surface area contributed by atoms with Gasteiger partial charge < -0.3 is 11.1 Å². The van der Waals surface area contributed by atoms with E-state index >= 15 is 0 Å². The number of carbonyl (C=O) groups excluding carboxylic acids is 1. The Morgan fingerprint density at radius 3 is 2.48 bits per heavy atom. The third-order valence-electron chi connectivity index (χ3n) is 5.03. The van der Waals surface area contributed by atoms with E-state index in [4.69, 9.17) is 5.73 Å². The number of amides is 1.